The highest BCUT2D eigenvalue weighted by atomic mass is 32.2. The van der Waals surface area contributed by atoms with E-state index in [0.717, 1.165) is 29.3 Å². The normalized spacial score (nSPS) is 17.2. The van der Waals surface area contributed by atoms with Crippen LogP contribution in [0, 0.1) is 5.92 Å². The number of amides is 1. The monoisotopic (exact) mass is 349 g/mol. The molecule has 2 aromatic rings. The fourth-order valence-electron chi connectivity index (χ4n) is 3.22. The number of benzene rings is 1. The molecule has 130 valence electrons. The second-order valence-electron chi connectivity index (χ2n) is 6.45. The molecule has 1 fully saturated rings. The second kappa shape index (κ2) is 6.94. The van der Waals surface area contributed by atoms with E-state index in [4.69, 9.17) is 0 Å². The zero-order valence-corrected chi connectivity index (χ0v) is 14.6. The van der Waals surface area contributed by atoms with Gasteiger partial charge in [-0.3, -0.25) is 4.79 Å². The molecule has 0 aliphatic carbocycles. The molecule has 6 nitrogen and oxygen atoms in total. The van der Waals surface area contributed by atoms with E-state index in [-0.39, 0.29) is 5.91 Å². The minimum Gasteiger partial charge on any atom is -0.361 e. The summed E-state index contributed by atoms with van der Waals surface area (Å²) in [5.74, 6) is 0.347. The number of H-pyrrole nitrogens is 1. The molecule has 1 saturated heterocycles. The van der Waals surface area contributed by atoms with Gasteiger partial charge in [0.2, 0.25) is 15.9 Å². The van der Waals surface area contributed by atoms with Gasteiger partial charge in [-0.2, -0.15) is 0 Å². The van der Waals surface area contributed by atoms with Crippen molar-refractivity contribution in [2.24, 2.45) is 5.92 Å². The molecular weight excluding hydrogens is 326 g/mol. The van der Waals surface area contributed by atoms with Gasteiger partial charge in [0, 0.05) is 36.7 Å². The number of hydrogen-bond acceptors (Lipinski definition) is 3. The van der Waals surface area contributed by atoms with Gasteiger partial charge in [-0.25, -0.2) is 12.7 Å². The number of hydrogen-bond donors (Lipinski definition) is 2. The van der Waals surface area contributed by atoms with Crippen molar-refractivity contribution in [2.75, 3.05) is 25.9 Å². The van der Waals surface area contributed by atoms with Crippen LogP contribution >= 0.6 is 0 Å². The molecule has 1 amide bonds. The van der Waals surface area contributed by atoms with E-state index >= 15 is 0 Å². The molecule has 1 aliphatic heterocycles. The van der Waals surface area contributed by atoms with Crippen molar-refractivity contribution >= 4 is 26.8 Å². The Morgan fingerprint density at radius 1 is 1.29 bits per heavy atom. The quantitative estimate of drug-likeness (QED) is 0.858. The van der Waals surface area contributed by atoms with E-state index in [9.17, 15) is 13.2 Å². The van der Waals surface area contributed by atoms with Crippen molar-refractivity contribution in [1.82, 2.24) is 14.6 Å². The van der Waals surface area contributed by atoms with Crippen molar-refractivity contribution in [1.29, 1.82) is 0 Å². The number of aromatic nitrogens is 1. The van der Waals surface area contributed by atoms with Crippen molar-refractivity contribution in [3.63, 3.8) is 0 Å². The first-order valence-corrected chi connectivity index (χ1v) is 10.0. The Hall–Kier alpha value is -1.86. The molecule has 24 heavy (non-hydrogen) atoms. The Kier molecular flexibility index (Phi) is 4.91. The number of sulfonamides is 1. The Morgan fingerprint density at radius 3 is 2.71 bits per heavy atom. The number of nitrogens with one attached hydrogen (secondary N) is 2. The maximum Gasteiger partial charge on any atom is 0.224 e. The van der Waals surface area contributed by atoms with Crippen LogP contribution in [0.15, 0.2) is 30.5 Å². The number of carbonyl (C=O) groups is 1. The van der Waals surface area contributed by atoms with Gasteiger partial charge in [0.1, 0.15) is 0 Å². The lowest BCUT2D eigenvalue weighted by Gasteiger charge is -2.30. The summed E-state index contributed by atoms with van der Waals surface area (Å²) in [5, 5.41) is 4.07. The molecule has 0 spiro atoms. The fourth-order valence-corrected chi connectivity index (χ4v) is 4.09. The van der Waals surface area contributed by atoms with Crippen LogP contribution in [0.3, 0.4) is 0 Å². The van der Waals surface area contributed by atoms with Gasteiger partial charge in [0.15, 0.2) is 0 Å². The van der Waals surface area contributed by atoms with Crippen molar-refractivity contribution in [2.45, 2.75) is 19.3 Å². The summed E-state index contributed by atoms with van der Waals surface area (Å²) >= 11 is 0. The summed E-state index contributed by atoms with van der Waals surface area (Å²) in [4.78, 5) is 15.4. The van der Waals surface area contributed by atoms with Crippen LogP contribution < -0.4 is 5.32 Å². The fraction of sp³-hybridized carbons (Fsp3) is 0.471. The van der Waals surface area contributed by atoms with E-state index in [1.807, 2.05) is 30.5 Å². The van der Waals surface area contributed by atoms with Crippen LogP contribution in [0.5, 0.6) is 0 Å². The topological polar surface area (TPSA) is 82.3 Å². The number of fused-ring (bicyclic) bond motifs is 1. The van der Waals surface area contributed by atoms with E-state index in [2.05, 4.69) is 10.3 Å². The third kappa shape index (κ3) is 3.96. The number of carbonyl (C=O) groups excluding carboxylic acids is 1. The van der Waals surface area contributed by atoms with E-state index in [1.54, 1.807) is 0 Å². The molecule has 1 aromatic carbocycles. The van der Waals surface area contributed by atoms with Gasteiger partial charge < -0.3 is 10.3 Å². The van der Waals surface area contributed by atoms with E-state index in [1.165, 1.54) is 10.6 Å². The highest BCUT2D eigenvalue weighted by Crippen LogP contribution is 2.19. The highest BCUT2D eigenvalue weighted by molar-refractivity contribution is 7.88. The summed E-state index contributed by atoms with van der Waals surface area (Å²) in [7, 11) is -3.09. The zero-order chi connectivity index (χ0) is 17.2. The number of piperidine rings is 1. The van der Waals surface area contributed by atoms with Gasteiger partial charge in [-0.15, -0.1) is 0 Å². The standard InChI is InChI=1S/C17H23N3O3S/c1-24(22,23)20-8-6-13(7-9-20)11-19-17(21)10-14-12-18-16-5-3-2-4-15(14)16/h2-5,12-13,18H,6-11H2,1H3,(H,19,21). The number of para-hydroxylation sites is 1. The summed E-state index contributed by atoms with van der Waals surface area (Å²) < 4.78 is 24.5. The molecular formula is C17H23N3O3S. The number of aromatic amines is 1. The van der Waals surface area contributed by atoms with Crippen LogP contribution in [-0.2, 0) is 21.2 Å². The Labute approximate surface area is 142 Å². The lowest BCUT2D eigenvalue weighted by molar-refractivity contribution is -0.120. The average Bonchev–Trinajstić information content (AvgIpc) is 2.96. The van der Waals surface area contributed by atoms with E-state index < -0.39 is 10.0 Å². The lowest BCUT2D eigenvalue weighted by Crippen LogP contribution is -2.41. The minimum atomic E-state index is -3.09. The molecule has 1 aliphatic rings. The summed E-state index contributed by atoms with van der Waals surface area (Å²) in [6.45, 7) is 1.70. The predicted octanol–water partition coefficient (Wildman–Crippen LogP) is 1.50. The maximum absolute atomic E-state index is 12.2. The van der Waals surface area contributed by atoms with Crippen LogP contribution in [0.25, 0.3) is 10.9 Å². The Balaban J connectivity index is 1.48. The molecule has 2 heterocycles. The summed E-state index contributed by atoms with van der Waals surface area (Å²) in [6.07, 6.45) is 5.07. The molecule has 0 atom stereocenters. The van der Waals surface area contributed by atoms with Crippen LogP contribution in [0.1, 0.15) is 18.4 Å². The van der Waals surface area contributed by atoms with Gasteiger partial charge >= 0.3 is 0 Å². The SMILES string of the molecule is CS(=O)(=O)N1CCC(CNC(=O)Cc2c[nH]c3ccccc23)CC1. The van der Waals surface area contributed by atoms with Gasteiger partial charge in [0.05, 0.1) is 12.7 Å². The predicted molar refractivity (Wildman–Crippen MR) is 94.2 cm³/mol. The second-order valence-corrected chi connectivity index (χ2v) is 8.43. The Morgan fingerprint density at radius 2 is 2.00 bits per heavy atom. The van der Waals surface area contributed by atoms with Crippen molar-refractivity contribution in [3.8, 4) is 0 Å². The lowest BCUT2D eigenvalue weighted by atomic mass is 9.98. The average molecular weight is 349 g/mol. The minimum absolute atomic E-state index is 0.00490. The first-order valence-electron chi connectivity index (χ1n) is 8.20. The first kappa shape index (κ1) is 17.0. The number of nitrogens with zero attached hydrogens (tertiary/aromatic N) is 1. The highest BCUT2D eigenvalue weighted by Gasteiger charge is 2.25. The third-order valence-electron chi connectivity index (χ3n) is 4.66. The van der Waals surface area contributed by atoms with Gasteiger partial charge in [0.25, 0.3) is 0 Å². The molecule has 2 N–H and O–H groups in total. The third-order valence-corrected chi connectivity index (χ3v) is 5.96. The summed E-state index contributed by atoms with van der Waals surface area (Å²) in [5.41, 5.74) is 2.03. The molecule has 7 heteroatoms. The van der Waals surface area contributed by atoms with Crippen LogP contribution in [0.4, 0.5) is 0 Å². The largest absolute Gasteiger partial charge is 0.361 e. The van der Waals surface area contributed by atoms with Gasteiger partial charge in [-0.05, 0) is 30.4 Å². The maximum atomic E-state index is 12.2. The van der Waals surface area contributed by atoms with E-state index in [0.29, 0.717) is 32.0 Å². The van der Waals surface area contributed by atoms with Crippen LogP contribution in [0.2, 0.25) is 0 Å². The molecule has 0 saturated carbocycles. The smallest absolute Gasteiger partial charge is 0.224 e. The number of rotatable bonds is 5. The van der Waals surface area contributed by atoms with Gasteiger partial charge in [-0.1, -0.05) is 18.2 Å². The Bertz CT molecular complexity index is 820. The molecule has 3 rings (SSSR count). The van der Waals surface area contributed by atoms with Crippen LogP contribution in [-0.4, -0.2) is 49.5 Å². The molecule has 0 radical (unpaired) electrons. The van der Waals surface area contributed by atoms with Crippen molar-refractivity contribution in [3.05, 3.63) is 36.0 Å². The molecule has 0 bridgehead atoms. The summed E-state index contributed by atoms with van der Waals surface area (Å²) in [6, 6.07) is 7.93. The van der Waals surface area contributed by atoms with Crippen molar-refractivity contribution < 1.29 is 13.2 Å². The molecule has 0 unspecified atom stereocenters. The molecule has 1 aromatic heterocycles. The zero-order valence-electron chi connectivity index (χ0n) is 13.8. The first-order chi connectivity index (χ1) is 11.4.